The van der Waals surface area contributed by atoms with Crippen molar-refractivity contribution in [3.05, 3.63) is 42.4 Å². The van der Waals surface area contributed by atoms with Crippen molar-refractivity contribution in [2.75, 3.05) is 0 Å². The maximum absolute atomic E-state index is 5.46. The summed E-state index contributed by atoms with van der Waals surface area (Å²) in [7, 11) is 0. The lowest BCUT2D eigenvalue weighted by atomic mass is 10.4. The molecule has 0 fully saturated rings. The van der Waals surface area contributed by atoms with Gasteiger partial charge in [-0.2, -0.15) is 0 Å². The van der Waals surface area contributed by atoms with Crippen LogP contribution in [-0.2, 0) is 12.2 Å². The largest absolute Gasteiger partial charge is 0.424 e. The van der Waals surface area contributed by atoms with Crippen molar-refractivity contribution >= 4 is 17.3 Å². The zero-order valence-electron chi connectivity index (χ0n) is 9.91. The minimum Gasteiger partial charge on any atom is -0.424 e. The third-order valence-electron chi connectivity index (χ3n) is 2.54. The van der Waals surface area contributed by atoms with Gasteiger partial charge in [0.15, 0.2) is 5.16 Å². The third-order valence-corrected chi connectivity index (χ3v) is 3.49. The second-order valence-electron chi connectivity index (χ2n) is 3.77. The smallest absolute Gasteiger partial charge is 0.226 e. The number of hydrogen-bond donors (Lipinski definition) is 0. The molecule has 92 valence electrons. The highest BCUT2D eigenvalue weighted by atomic mass is 32.2. The van der Waals surface area contributed by atoms with Crippen LogP contribution in [0.15, 0.2) is 40.2 Å². The minimum absolute atomic E-state index is 0.640. The van der Waals surface area contributed by atoms with Crippen LogP contribution in [-0.4, -0.2) is 19.6 Å². The molecule has 0 aliphatic heterocycles. The van der Waals surface area contributed by atoms with Crippen LogP contribution in [0.5, 0.6) is 0 Å². The van der Waals surface area contributed by atoms with Crippen LogP contribution < -0.4 is 0 Å². The van der Waals surface area contributed by atoms with Gasteiger partial charge in [-0.1, -0.05) is 24.8 Å². The van der Waals surface area contributed by atoms with Crippen LogP contribution in [0.1, 0.15) is 18.7 Å². The first kappa shape index (κ1) is 11.3. The highest BCUT2D eigenvalue weighted by Gasteiger charge is 2.08. The van der Waals surface area contributed by atoms with Gasteiger partial charge in [-0.05, 0) is 12.1 Å². The SMILES string of the molecule is CCc1nnc(CSc2ncc3ccccn23)o1. The molecule has 0 atom stereocenters. The molecule has 0 amide bonds. The van der Waals surface area contributed by atoms with Gasteiger partial charge in [0.05, 0.1) is 17.5 Å². The molecular weight excluding hydrogens is 248 g/mol. The number of thioether (sulfide) groups is 1. The van der Waals surface area contributed by atoms with E-state index in [0.29, 0.717) is 17.5 Å². The summed E-state index contributed by atoms with van der Waals surface area (Å²) >= 11 is 1.59. The highest BCUT2D eigenvalue weighted by Crippen LogP contribution is 2.22. The van der Waals surface area contributed by atoms with E-state index in [1.165, 1.54) is 0 Å². The summed E-state index contributed by atoms with van der Waals surface area (Å²) in [5, 5.41) is 8.86. The normalized spacial score (nSPS) is 11.2. The maximum Gasteiger partial charge on any atom is 0.226 e. The molecule has 0 aromatic carbocycles. The molecular formula is C12H12N4OS. The average molecular weight is 260 g/mol. The van der Waals surface area contributed by atoms with Crippen LogP contribution in [0, 0.1) is 0 Å². The van der Waals surface area contributed by atoms with Gasteiger partial charge in [0.25, 0.3) is 0 Å². The molecule has 0 bridgehead atoms. The lowest BCUT2D eigenvalue weighted by Crippen LogP contribution is -1.87. The molecule has 5 nitrogen and oxygen atoms in total. The van der Waals surface area contributed by atoms with E-state index < -0.39 is 0 Å². The third kappa shape index (κ3) is 2.11. The van der Waals surface area contributed by atoms with E-state index in [4.69, 9.17) is 4.42 Å². The van der Waals surface area contributed by atoms with E-state index in [1.807, 2.05) is 41.9 Å². The summed E-state index contributed by atoms with van der Waals surface area (Å²) in [6.45, 7) is 1.99. The molecule has 0 spiro atoms. The van der Waals surface area contributed by atoms with Gasteiger partial charge < -0.3 is 4.42 Å². The molecule has 0 N–H and O–H groups in total. The van der Waals surface area contributed by atoms with Crippen molar-refractivity contribution in [1.29, 1.82) is 0 Å². The summed E-state index contributed by atoms with van der Waals surface area (Å²) in [6.07, 6.45) is 4.62. The first-order valence-corrected chi connectivity index (χ1v) is 6.71. The van der Waals surface area contributed by atoms with Crippen molar-refractivity contribution in [2.24, 2.45) is 0 Å². The van der Waals surface area contributed by atoms with E-state index in [-0.39, 0.29) is 0 Å². The van der Waals surface area contributed by atoms with Crippen molar-refractivity contribution in [1.82, 2.24) is 19.6 Å². The summed E-state index contributed by atoms with van der Waals surface area (Å²) in [5.41, 5.74) is 1.08. The van der Waals surface area contributed by atoms with Crippen molar-refractivity contribution in [2.45, 2.75) is 24.3 Å². The van der Waals surface area contributed by atoms with Gasteiger partial charge in [-0.3, -0.25) is 4.40 Å². The summed E-state index contributed by atoms with van der Waals surface area (Å²) in [4.78, 5) is 4.37. The van der Waals surface area contributed by atoms with E-state index in [1.54, 1.807) is 11.8 Å². The van der Waals surface area contributed by atoms with Gasteiger partial charge in [0, 0.05) is 12.6 Å². The second kappa shape index (κ2) is 4.81. The number of nitrogens with zero attached hydrogens (tertiary/aromatic N) is 4. The Labute approximate surface area is 108 Å². The minimum atomic E-state index is 0.640. The van der Waals surface area contributed by atoms with Crippen LogP contribution in [0.25, 0.3) is 5.52 Å². The fourth-order valence-electron chi connectivity index (χ4n) is 1.64. The average Bonchev–Trinajstić information content (AvgIpc) is 3.03. The van der Waals surface area contributed by atoms with E-state index >= 15 is 0 Å². The van der Waals surface area contributed by atoms with Crippen molar-refractivity contribution < 1.29 is 4.42 Å². The molecule has 3 rings (SSSR count). The number of imidazole rings is 1. The zero-order chi connectivity index (χ0) is 12.4. The Balaban J connectivity index is 1.76. The summed E-state index contributed by atoms with van der Waals surface area (Å²) in [5.74, 6) is 1.96. The van der Waals surface area contributed by atoms with E-state index in [9.17, 15) is 0 Å². The van der Waals surface area contributed by atoms with Gasteiger partial charge in [-0.15, -0.1) is 10.2 Å². The summed E-state index contributed by atoms with van der Waals surface area (Å²) in [6, 6.07) is 6.01. The van der Waals surface area contributed by atoms with Crippen molar-refractivity contribution in [3.8, 4) is 0 Å². The number of fused-ring (bicyclic) bond motifs is 1. The standard InChI is InChI=1S/C12H12N4OS/c1-2-10-14-15-11(17-10)8-18-12-13-7-9-5-3-4-6-16(9)12/h3-7H,2,8H2,1H3. The van der Waals surface area contributed by atoms with Gasteiger partial charge in [-0.25, -0.2) is 4.98 Å². The van der Waals surface area contributed by atoms with Crippen molar-refractivity contribution in [3.63, 3.8) is 0 Å². The zero-order valence-corrected chi connectivity index (χ0v) is 10.7. The fraction of sp³-hybridized carbons (Fsp3) is 0.250. The first-order valence-electron chi connectivity index (χ1n) is 5.73. The number of hydrogen-bond acceptors (Lipinski definition) is 5. The number of pyridine rings is 1. The molecule has 3 aromatic rings. The van der Waals surface area contributed by atoms with E-state index in [0.717, 1.165) is 17.1 Å². The molecule has 0 radical (unpaired) electrons. The first-order chi connectivity index (χ1) is 8.86. The quantitative estimate of drug-likeness (QED) is 0.675. The lowest BCUT2D eigenvalue weighted by molar-refractivity contribution is 0.470. The van der Waals surface area contributed by atoms with Gasteiger partial charge >= 0.3 is 0 Å². The Kier molecular flexibility index (Phi) is 3.02. The number of aromatic nitrogens is 4. The predicted octanol–water partition coefficient (Wildman–Crippen LogP) is 2.57. The van der Waals surface area contributed by atoms with Crippen LogP contribution in [0.3, 0.4) is 0 Å². The molecule has 3 aromatic heterocycles. The Morgan fingerprint density at radius 2 is 2.17 bits per heavy atom. The molecule has 0 saturated carbocycles. The van der Waals surface area contributed by atoms with Crippen LogP contribution in [0.2, 0.25) is 0 Å². The topological polar surface area (TPSA) is 56.2 Å². The molecule has 18 heavy (non-hydrogen) atoms. The Bertz CT molecular complexity index is 661. The maximum atomic E-state index is 5.46. The Morgan fingerprint density at radius 3 is 3.00 bits per heavy atom. The predicted molar refractivity (Wildman–Crippen MR) is 68.4 cm³/mol. The number of rotatable bonds is 4. The Morgan fingerprint density at radius 1 is 1.28 bits per heavy atom. The molecule has 3 heterocycles. The summed E-state index contributed by atoms with van der Waals surface area (Å²) < 4.78 is 7.51. The number of aryl methyl sites for hydroxylation is 1. The second-order valence-corrected chi connectivity index (χ2v) is 4.71. The van der Waals surface area contributed by atoms with Gasteiger partial charge in [0.1, 0.15) is 0 Å². The monoisotopic (exact) mass is 260 g/mol. The Hall–Kier alpha value is -1.82. The van der Waals surface area contributed by atoms with Gasteiger partial charge in [0.2, 0.25) is 11.8 Å². The van der Waals surface area contributed by atoms with Crippen LogP contribution >= 0.6 is 11.8 Å². The molecule has 0 aliphatic carbocycles. The highest BCUT2D eigenvalue weighted by molar-refractivity contribution is 7.98. The van der Waals surface area contributed by atoms with E-state index in [2.05, 4.69) is 15.2 Å². The van der Waals surface area contributed by atoms with Crippen LogP contribution in [0.4, 0.5) is 0 Å². The molecule has 0 unspecified atom stereocenters. The molecule has 6 heteroatoms. The molecule has 0 saturated heterocycles. The lowest BCUT2D eigenvalue weighted by Gasteiger charge is -1.98. The molecule has 0 aliphatic rings. The fourth-order valence-corrected chi connectivity index (χ4v) is 2.44.